The maximum atomic E-state index is 12.5. The number of carbonyl (C=O) groups excluding carboxylic acids is 1. The van der Waals surface area contributed by atoms with Gasteiger partial charge < -0.3 is 20.6 Å². The lowest BCUT2D eigenvalue weighted by Gasteiger charge is -2.21. The van der Waals surface area contributed by atoms with Crippen LogP contribution in [0.5, 0.6) is 0 Å². The van der Waals surface area contributed by atoms with E-state index < -0.39 is 18.2 Å². The van der Waals surface area contributed by atoms with E-state index in [1.54, 1.807) is 6.08 Å². The molecule has 0 bridgehead atoms. The van der Waals surface area contributed by atoms with E-state index in [1.165, 1.54) is 212 Å². The molecule has 1 amide bonds. The molecule has 3 atom stereocenters. The maximum absolute atomic E-state index is 12.5. The number of hydrogen-bond acceptors (Lipinski definition) is 4. The molecular formula is C54H103NO4. The van der Waals surface area contributed by atoms with Gasteiger partial charge in [-0.05, 0) is 44.9 Å². The average molecular weight is 830 g/mol. The number of aliphatic hydroxyl groups is 3. The number of nitrogens with one attached hydrogen (secondary N) is 1. The van der Waals surface area contributed by atoms with Crippen molar-refractivity contribution in [2.75, 3.05) is 6.61 Å². The summed E-state index contributed by atoms with van der Waals surface area (Å²) in [6.07, 6.45) is 63.4. The smallest absolute Gasteiger partial charge is 0.222 e. The Morgan fingerprint density at radius 2 is 0.729 bits per heavy atom. The molecule has 0 aromatic rings. The molecule has 0 radical (unpaired) electrons. The average Bonchev–Trinajstić information content (AvgIpc) is 3.23. The molecular weight excluding hydrogens is 727 g/mol. The van der Waals surface area contributed by atoms with Gasteiger partial charge in [-0.25, -0.2) is 0 Å². The number of rotatable bonds is 48. The van der Waals surface area contributed by atoms with Gasteiger partial charge in [-0.2, -0.15) is 0 Å². The van der Waals surface area contributed by atoms with Crippen LogP contribution < -0.4 is 5.32 Å². The van der Waals surface area contributed by atoms with Crippen molar-refractivity contribution in [1.29, 1.82) is 0 Å². The SMILES string of the molecule is CCCCC/C=C/CC/C=C/CC/C=C/C(O)C(CO)NC(=O)CC(O)CCCCCCCCCCCCCCCCCCCCCCCCCCCCCCCCC. The molecule has 0 aromatic heterocycles. The number of amides is 1. The van der Waals surface area contributed by atoms with Crippen LogP contribution in [0.4, 0.5) is 0 Å². The Kier molecular flexibility index (Phi) is 48.0. The lowest BCUT2D eigenvalue weighted by Crippen LogP contribution is -2.45. The monoisotopic (exact) mass is 830 g/mol. The van der Waals surface area contributed by atoms with Crippen molar-refractivity contribution in [3.8, 4) is 0 Å². The first-order valence-corrected chi connectivity index (χ1v) is 26.3. The Morgan fingerprint density at radius 1 is 0.424 bits per heavy atom. The fraction of sp³-hybridized carbons (Fsp3) is 0.870. The lowest BCUT2D eigenvalue weighted by molar-refractivity contribution is -0.124. The maximum Gasteiger partial charge on any atom is 0.222 e. The summed E-state index contributed by atoms with van der Waals surface area (Å²) in [5, 5.41) is 33.2. The Balaban J connectivity index is 3.50. The number of aliphatic hydroxyl groups excluding tert-OH is 3. The topological polar surface area (TPSA) is 89.8 Å². The van der Waals surface area contributed by atoms with E-state index in [0.717, 1.165) is 38.5 Å². The lowest BCUT2D eigenvalue weighted by atomic mass is 10.0. The predicted molar refractivity (Wildman–Crippen MR) is 259 cm³/mol. The minimum absolute atomic E-state index is 0.00520. The molecule has 0 saturated heterocycles. The minimum Gasteiger partial charge on any atom is -0.394 e. The molecule has 0 spiro atoms. The quantitative estimate of drug-likeness (QED) is 0.0363. The first kappa shape index (κ1) is 57.6. The third-order valence-corrected chi connectivity index (χ3v) is 12.2. The molecule has 348 valence electrons. The Bertz CT molecular complexity index is 916. The van der Waals surface area contributed by atoms with Crippen molar-refractivity contribution >= 4 is 5.91 Å². The van der Waals surface area contributed by atoms with Crippen LogP contribution in [0.3, 0.4) is 0 Å². The molecule has 0 heterocycles. The Morgan fingerprint density at radius 3 is 1.08 bits per heavy atom. The van der Waals surface area contributed by atoms with E-state index in [2.05, 4.69) is 43.5 Å². The third-order valence-electron chi connectivity index (χ3n) is 12.2. The zero-order chi connectivity index (χ0) is 43.0. The summed E-state index contributed by atoms with van der Waals surface area (Å²) in [4.78, 5) is 12.5. The molecule has 0 aliphatic carbocycles. The fourth-order valence-electron chi connectivity index (χ4n) is 8.14. The number of allylic oxidation sites excluding steroid dienone is 5. The van der Waals surface area contributed by atoms with E-state index >= 15 is 0 Å². The van der Waals surface area contributed by atoms with E-state index in [-0.39, 0.29) is 18.9 Å². The molecule has 0 fully saturated rings. The van der Waals surface area contributed by atoms with Gasteiger partial charge in [-0.1, -0.05) is 262 Å². The zero-order valence-electron chi connectivity index (χ0n) is 39.6. The third kappa shape index (κ3) is 45.9. The van der Waals surface area contributed by atoms with Crippen molar-refractivity contribution < 1.29 is 20.1 Å². The van der Waals surface area contributed by atoms with Crippen LogP contribution in [-0.2, 0) is 4.79 Å². The van der Waals surface area contributed by atoms with Crippen molar-refractivity contribution in [3.05, 3.63) is 36.5 Å². The van der Waals surface area contributed by atoms with Crippen LogP contribution in [0.2, 0.25) is 0 Å². The fourth-order valence-corrected chi connectivity index (χ4v) is 8.14. The number of unbranched alkanes of at least 4 members (excludes halogenated alkanes) is 35. The van der Waals surface area contributed by atoms with Gasteiger partial charge in [0.1, 0.15) is 0 Å². The van der Waals surface area contributed by atoms with E-state index in [1.807, 2.05) is 6.08 Å². The summed E-state index contributed by atoms with van der Waals surface area (Å²) in [5.41, 5.74) is 0. The highest BCUT2D eigenvalue weighted by atomic mass is 16.3. The highest BCUT2D eigenvalue weighted by molar-refractivity contribution is 5.76. The van der Waals surface area contributed by atoms with Crippen molar-refractivity contribution in [2.45, 2.75) is 295 Å². The van der Waals surface area contributed by atoms with Crippen LogP contribution in [-0.4, -0.2) is 46.1 Å². The van der Waals surface area contributed by atoms with Gasteiger partial charge in [0.05, 0.1) is 31.3 Å². The molecule has 5 nitrogen and oxygen atoms in total. The van der Waals surface area contributed by atoms with E-state index in [4.69, 9.17) is 0 Å². The molecule has 0 aliphatic heterocycles. The van der Waals surface area contributed by atoms with Gasteiger partial charge >= 0.3 is 0 Å². The second-order valence-corrected chi connectivity index (χ2v) is 18.1. The van der Waals surface area contributed by atoms with Gasteiger partial charge in [0, 0.05) is 0 Å². The summed E-state index contributed by atoms with van der Waals surface area (Å²) in [5.74, 6) is -0.327. The molecule has 0 saturated carbocycles. The minimum atomic E-state index is -0.957. The van der Waals surface area contributed by atoms with Crippen LogP contribution in [0, 0.1) is 0 Å². The summed E-state index contributed by atoms with van der Waals surface area (Å²) < 4.78 is 0. The normalized spacial score (nSPS) is 13.6. The van der Waals surface area contributed by atoms with Gasteiger partial charge in [0.2, 0.25) is 5.91 Å². The van der Waals surface area contributed by atoms with Crippen LogP contribution in [0.15, 0.2) is 36.5 Å². The van der Waals surface area contributed by atoms with Crippen molar-refractivity contribution in [2.24, 2.45) is 0 Å². The summed E-state index contributed by atoms with van der Waals surface area (Å²) in [7, 11) is 0. The van der Waals surface area contributed by atoms with Gasteiger partial charge in [0.15, 0.2) is 0 Å². The Hall–Kier alpha value is -1.43. The van der Waals surface area contributed by atoms with Crippen LogP contribution in [0.1, 0.15) is 277 Å². The Labute approximate surface area is 368 Å². The van der Waals surface area contributed by atoms with E-state index in [9.17, 15) is 20.1 Å². The molecule has 3 unspecified atom stereocenters. The molecule has 5 heteroatoms. The molecule has 4 N–H and O–H groups in total. The first-order valence-electron chi connectivity index (χ1n) is 26.3. The van der Waals surface area contributed by atoms with Crippen LogP contribution >= 0.6 is 0 Å². The largest absolute Gasteiger partial charge is 0.394 e. The van der Waals surface area contributed by atoms with Crippen molar-refractivity contribution in [3.63, 3.8) is 0 Å². The van der Waals surface area contributed by atoms with Crippen LogP contribution in [0.25, 0.3) is 0 Å². The van der Waals surface area contributed by atoms with Gasteiger partial charge in [0.25, 0.3) is 0 Å². The summed E-state index contributed by atoms with van der Waals surface area (Å²) >= 11 is 0. The summed E-state index contributed by atoms with van der Waals surface area (Å²) in [6, 6.07) is -0.765. The standard InChI is InChI=1S/C54H103NO4/c1-3-5-7-9-11-13-15-17-18-19-20-21-22-23-24-25-26-27-28-29-30-31-32-33-34-36-37-39-41-43-45-47-51(57)49-54(59)55-52(50-56)53(58)48-46-44-42-40-38-35-16-14-12-10-8-6-4-2/h12,14,38,40,46,48,51-53,56-58H,3-11,13,15-37,39,41-45,47,49-50H2,1-2H3,(H,55,59)/b14-12+,40-38+,48-46+. The predicted octanol–water partition coefficient (Wildman–Crippen LogP) is 15.9. The second kappa shape index (κ2) is 49.2. The van der Waals surface area contributed by atoms with Crippen molar-refractivity contribution in [1.82, 2.24) is 5.32 Å². The molecule has 59 heavy (non-hydrogen) atoms. The molecule has 0 aliphatic rings. The summed E-state index contributed by atoms with van der Waals surface area (Å²) in [6.45, 7) is 4.18. The first-order chi connectivity index (χ1) is 29.0. The second-order valence-electron chi connectivity index (χ2n) is 18.1. The zero-order valence-corrected chi connectivity index (χ0v) is 39.6. The highest BCUT2D eigenvalue weighted by Crippen LogP contribution is 2.17. The number of carbonyl (C=O) groups is 1. The number of hydrogen-bond donors (Lipinski definition) is 4. The van der Waals surface area contributed by atoms with Gasteiger partial charge in [-0.3, -0.25) is 4.79 Å². The highest BCUT2D eigenvalue weighted by Gasteiger charge is 2.20. The molecule has 0 rings (SSSR count). The van der Waals surface area contributed by atoms with Gasteiger partial charge in [-0.15, -0.1) is 0 Å². The molecule has 0 aromatic carbocycles. The van der Waals surface area contributed by atoms with E-state index in [0.29, 0.717) is 6.42 Å².